The summed E-state index contributed by atoms with van der Waals surface area (Å²) in [6.45, 7) is 1.94. The third kappa shape index (κ3) is 5.82. The molecule has 0 fully saturated rings. The molecule has 5 nitrogen and oxygen atoms in total. The standard InChI is InChI=1S/C27H30O5/c1-2-31-26(30)19-24(28)18-25(29)20-32-27(21-12-6-3-7-13-21,22-14-8-4-9-15-22)23-16-10-5-11-17-23/h3-17,24-25,28-29H,2,18-20H2,1H3/t24-,25+/m1/s1. The molecule has 3 aromatic carbocycles. The quantitative estimate of drug-likeness (QED) is 0.352. The summed E-state index contributed by atoms with van der Waals surface area (Å²) in [6, 6.07) is 29.6. The molecule has 2 atom stereocenters. The first kappa shape index (κ1) is 23.7. The van der Waals surface area contributed by atoms with Gasteiger partial charge in [0.2, 0.25) is 0 Å². The molecule has 168 valence electrons. The van der Waals surface area contributed by atoms with Crippen LogP contribution in [0.3, 0.4) is 0 Å². The van der Waals surface area contributed by atoms with E-state index >= 15 is 0 Å². The molecule has 0 spiro atoms. The second-order valence-corrected chi connectivity index (χ2v) is 7.64. The second-order valence-electron chi connectivity index (χ2n) is 7.64. The van der Waals surface area contributed by atoms with Crippen molar-refractivity contribution in [3.63, 3.8) is 0 Å². The number of benzene rings is 3. The van der Waals surface area contributed by atoms with Crippen molar-refractivity contribution in [3.8, 4) is 0 Å². The highest BCUT2D eigenvalue weighted by Gasteiger charge is 2.38. The minimum atomic E-state index is -1.01. The molecule has 0 bridgehead atoms. The zero-order chi connectivity index (χ0) is 22.8. The lowest BCUT2D eigenvalue weighted by Gasteiger charge is -2.36. The van der Waals surface area contributed by atoms with Gasteiger partial charge in [0.25, 0.3) is 0 Å². The summed E-state index contributed by atoms with van der Waals surface area (Å²) < 4.78 is 11.4. The number of rotatable bonds is 11. The molecular formula is C27H30O5. The molecule has 2 N–H and O–H groups in total. The van der Waals surface area contributed by atoms with Gasteiger partial charge in [-0.2, -0.15) is 0 Å². The van der Waals surface area contributed by atoms with Crippen LogP contribution in [0, 0.1) is 0 Å². The summed E-state index contributed by atoms with van der Waals surface area (Å²) in [7, 11) is 0. The largest absolute Gasteiger partial charge is 0.466 e. The van der Waals surface area contributed by atoms with E-state index in [0.717, 1.165) is 16.7 Å². The minimum absolute atomic E-state index is 0.00721. The summed E-state index contributed by atoms with van der Waals surface area (Å²) in [5.74, 6) is -0.486. The van der Waals surface area contributed by atoms with Gasteiger partial charge in [-0.15, -0.1) is 0 Å². The molecule has 0 heterocycles. The van der Waals surface area contributed by atoms with E-state index in [9.17, 15) is 15.0 Å². The van der Waals surface area contributed by atoms with Gasteiger partial charge in [0.05, 0.1) is 31.8 Å². The maximum absolute atomic E-state index is 11.6. The van der Waals surface area contributed by atoms with Gasteiger partial charge in [-0.25, -0.2) is 0 Å². The van der Waals surface area contributed by atoms with Crippen LogP contribution in [0.25, 0.3) is 0 Å². The Morgan fingerprint density at radius 3 is 1.62 bits per heavy atom. The summed E-state index contributed by atoms with van der Waals surface area (Å²) in [6.07, 6.45) is -2.12. The average molecular weight is 435 g/mol. The third-order valence-electron chi connectivity index (χ3n) is 5.28. The normalized spacial score (nSPS) is 13.3. The van der Waals surface area contributed by atoms with Crippen LogP contribution in [0.15, 0.2) is 91.0 Å². The molecule has 0 aromatic heterocycles. The predicted molar refractivity (Wildman–Crippen MR) is 123 cm³/mol. The lowest BCUT2D eigenvalue weighted by atomic mass is 9.80. The fraction of sp³-hybridized carbons (Fsp3) is 0.296. The molecule has 0 saturated heterocycles. The molecule has 3 rings (SSSR count). The number of hydrogen-bond acceptors (Lipinski definition) is 5. The zero-order valence-electron chi connectivity index (χ0n) is 18.3. The van der Waals surface area contributed by atoms with E-state index in [1.165, 1.54) is 0 Å². The van der Waals surface area contributed by atoms with E-state index in [1.54, 1.807) is 6.92 Å². The highest BCUT2D eigenvalue weighted by atomic mass is 16.5. The Kier molecular flexibility index (Phi) is 8.56. The van der Waals surface area contributed by atoms with Crippen molar-refractivity contribution < 1.29 is 24.5 Å². The first-order valence-electron chi connectivity index (χ1n) is 10.9. The summed E-state index contributed by atoms with van der Waals surface area (Å²) in [4.78, 5) is 11.6. The summed E-state index contributed by atoms with van der Waals surface area (Å²) in [5.41, 5.74) is 1.83. The Hall–Kier alpha value is -2.99. The lowest BCUT2D eigenvalue weighted by molar-refractivity contribution is -0.145. The maximum Gasteiger partial charge on any atom is 0.308 e. The number of carbonyl (C=O) groups is 1. The minimum Gasteiger partial charge on any atom is -0.466 e. The Labute approximate surface area is 189 Å². The molecule has 5 heteroatoms. The fourth-order valence-corrected chi connectivity index (χ4v) is 3.87. The number of aliphatic hydroxyl groups is 2. The van der Waals surface area contributed by atoms with Gasteiger partial charge in [0.1, 0.15) is 5.60 Å². The number of ether oxygens (including phenoxy) is 2. The van der Waals surface area contributed by atoms with E-state index in [4.69, 9.17) is 9.47 Å². The van der Waals surface area contributed by atoms with Gasteiger partial charge in [-0.1, -0.05) is 91.0 Å². The van der Waals surface area contributed by atoms with Crippen molar-refractivity contribution in [2.75, 3.05) is 13.2 Å². The van der Waals surface area contributed by atoms with Crippen LogP contribution in [-0.2, 0) is 19.9 Å². The van der Waals surface area contributed by atoms with Crippen LogP contribution in [0.2, 0.25) is 0 Å². The second kappa shape index (κ2) is 11.6. The first-order chi connectivity index (χ1) is 15.6. The van der Waals surface area contributed by atoms with E-state index in [2.05, 4.69) is 0 Å². The monoisotopic (exact) mass is 434 g/mol. The van der Waals surface area contributed by atoms with Crippen molar-refractivity contribution in [2.45, 2.75) is 37.6 Å². The summed E-state index contributed by atoms with van der Waals surface area (Å²) >= 11 is 0. The van der Waals surface area contributed by atoms with Crippen LogP contribution >= 0.6 is 0 Å². The summed E-state index contributed by atoms with van der Waals surface area (Å²) in [5, 5.41) is 20.8. The fourth-order valence-electron chi connectivity index (χ4n) is 3.87. The Balaban J connectivity index is 1.89. The molecule has 32 heavy (non-hydrogen) atoms. The Morgan fingerprint density at radius 2 is 1.22 bits per heavy atom. The van der Waals surface area contributed by atoms with Crippen LogP contribution in [0.5, 0.6) is 0 Å². The van der Waals surface area contributed by atoms with Gasteiger partial charge in [-0.05, 0) is 23.6 Å². The number of esters is 1. The van der Waals surface area contributed by atoms with Crippen molar-refractivity contribution in [1.82, 2.24) is 0 Å². The van der Waals surface area contributed by atoms with Gasteiger partial charge in [0.15, 0.2) is 0 Å². The maximum atomic E-state index is 11.6. The third-order valence-corrected chi connectivity index (χ3v) is 5.28. The van der Waals surface area contributed by atoms with Crippen molar-refractivity contribution in [1.29, 1.82) is 0 Å². The van der Waals surface area contributed by atoms with E-state index in [-0.39, 0.29) is 26.1 Å². The smallest absolute Gasteiger partial charge is 0.308 e. The number of aliphatic hydroxyl groups excluding tert-OH is 2. The highest BCUT2D eigenvalue weighted by molar-refractivity contribution is 5.69. The van der Waals surface area contributed by atoms with Crippen molar-refractivity contribution in [3.05, 3.63) is 108 Å². The van der Waals surface area contributed by atoms with E-state index < -0.39 is 23.8 Å². The lowest BCUT2D eigenvalue weighted by Crippen LogP contribution is -2.36. The molecule has 0 aliphatic carbocycles. The molecule has 0 radical (unpaired) electrons. The topological polar surface area (TPSA) is 76.0 Å². The van der Waals surface area contributed by atoms with Crippen molar-refractivity contribution >= 4 is 5.97 Å². The molecular weight excluding hydrogens is 404 g/mol. The van der Waals surface area contributed by atoms with Gasteiger partial charge in [-0.3, -0.25) is 4.79 Å². The van der Waals surface area contributed by atoms with Gasteiger partial charge >= 0.3 is 5.97 Å². The molecule has 0 aliphatic rings. The van der Waals surface area contributed by atoms with Gasteiger partial charge in [0, 0.05) is 6.42 Å². The Morgan fingerprint density at radius 1 is 0.781 bits per heavy atom. The predicted octanol–water partition coefficient (Wildman–Crippen LogP) is 4.06. The van der Waals surface area contributed by atoms with Crippen LogP contribution in [-0.4, -0.2) is 41.6 Å². The van der Waals surface area contributed by atoms with Crippen LogP contribution in [0.4, 0.5) is 0 Å². The molecule has 0 unspecified atom stereocenters. The molecule has 0 saturated carbocycles. The van der Waals surface area contributed by atoms with E-state index in [0.29, 0.717) is 0 Å². The molecule has 0 amide bonds. The molecule has 0 aliphatic heterocycles. The first-order valence-corrected chi connectivity index (χ1v) is 10.9. The van der Waals surface area contributed by atoms with Crippen molar-refractivity contribution in [2.24, 2.45) is 0 Å². The van der Waals surface area contributed by atoms with Crippen LogP contribution < -0.4 is 0 Å². The highest BCUT2D eigenvalue weighted by Crippen LogP contribution is 2.40. The number of hydrogen-bond donors (Lipinski definition) is 2. The Bertz CT molecular complexity index is 847. The SMILES string of the molecule is CCOC(=O)C[C@H](O)C[C@H](O)COC(c1ccccc1)(c1ccccc1)c1ccccc1. The van der Waals surface area contributed by atoms with E-state index in [1.807, 2.05) is 91.0 Å². The van der Waals surface area contributed by atoms with Gasteiger partial charge < -0.3 is 19.7 Å². The molecule has 3 aromatic rings. The number of carbonyl (C=O) groups excluding carboxylic acids is 1. The van der Waals surface area contributed by atoms with Crippen LogP contribution in [0.1, 0.15) is 36.5 Å². The average Bonchev–Trinajstić information content (AvgIpc) is 2.81. The zero-order valence-corrected chi connectivity index (χ0v) is 18.3.